The largest absolute Gasteiger partial charge is 0.431 e. The lowest BCUT2D eigenvalue weighted by atomic mass is 9.74. The Morgan fingerprint density at radius 2 is 2.04 bits per heavy atom. The Labute approximate surface area is 139 Å². The maximum Gasteiger partial charge on any atom is 0.314 e. The van der Waals surface area contributed by atoms with Crippen LogP contribution in [0.1, 0.15) is 45.1 Å². The third kappa shape index (κ3) is 5.16. The Kier molecular flexibility index (Phi) is 6.94. The Morgan fingerprint density at radius 1 is 1.43 bits per heavy atom. The highest BCUT2D eigenvalue weighted by atomic mass is 35.5. The van der Waals surface area contributed by atoms with E-state index in [4.69, 9.17) is 16.3 Å². The first kappa shape index (κ1) is 19.4. The molecule has 0 saturated heterocycles. The Bertz CT molecular complexity index is 565. The van der Waals surface area contributed by atoms with Crippen LogP contribution in [0.15, 0.2) is 24.3 Å². The van der Waals surface area contributed by atoms with Gasteiger partial charge in [-0.05, 0) is 31.9 Å². The predicted octanol–water partition coefficient (Wildman–Crippen LogP) is 4.37. The van der Waals surface area contributed by atoms with E-state index in [1.165, 1.54) is 13.8 Å². The second kappa shape index (κ2) is 8.24. The highest BCUT2D eigenvalue weighted by Crippen LogP contribution is 2.40. The van der Waals surface area contributed by atoms with Gasteiger partial charge >= 0.3 is 5.97 Å². The van der Waals surface area contributed by atoms with Crippen LogP contribution in [0.4, 0.5) is 4.39 Å². The molecule has 1 aromatic carbocycles. The van der Waals surface area contributed by atoms with Crippen LogP contribution in [0.2, 0.25) is 5.02 Å². The van der Waals surface area contributed by atoms with E-state index >= 15 is 0 Å². The smallest absolute Gasteiger partial charge is 0.314 e. The predicted molar refractivity (Wildman–Crippen MR) is 85.7 cm³/mol. The van der Waals surface area contributed by atoms with Crippen LogP contribution in [-0.4, -0.2) is 23.8 Å². The molecule has 7 heteroatoms. The molecule has 1 aromatic rings. The number of nitrogens with zero attached hydrogens (tertiary/aromatic N) is 1. The molecule has 0 radical (unpaired) electrons. The number of hydrogen-bond acceptors (Lipinski definition) is 4. The lowest BCUT2D eigenvalue weighted by molar-refractivity contribution is -0.485. The second-order valence-corrected chi connectivity index (χ2v) is 6.32. The van der Waals surface area contributed by atoms with Gasteiger partial charge in [0.2, 0.25) is 12.9 Å². The van der Waals surface area contributed by atoms with Crippen molar-refractivity contribution in [2.45, 2.75) is 45.9 Å². The highest BCUT2D eigenvalue weighted by molar-refractivity contribution is 6.31. The average molecular weight is 346 g/mol. The van der Waals surface area contributed by atoms with Crippen molar-refractivity contribution < 1.29 is 18.8 Å². The van der Waals surface area contributed by atoms with Gasteiger partial charge < -0.3 is 4.74 Å². The number of rotatable bonds is 8. The Balaban J connectivity index is 3.11. The molecule has 2 atom stereocenters. The van der Waals surface area contributed by atoms with Gasteiger partial charge in [0.25, 0.3) is 0 Å². The summed E-state index contributed by atoms with van der Waals surface area (Å²) >= 11 is 6.12. The van der Waals surface area contributed by atoms with Crippen LogP contribution in [0.5, 0.6) is 0 Å². The van der Waals surface area contributed by atoms with Crippen molar-refractivity contribution in [2.75, 3.05) is 6.54 Å². The van der Waals surface area contributed by atoms with E-state index in [2.05, 4.69) is 0 Å². The van der Waals surface area contributed by atoms with Crippen molar-refractivity contribution in [1.29, 1.82) is 0 Å². The fourth-order valence-electron chi connectivity index (χ4n) is 2.32. The Morgan fingerprint density at radius 3 is 2.57 bits per heavy atom. The second-order valence-electron chi connectivity index (χ2n) is 5.92. The molecular weight excluding hydrogens is 325 g/mol. The monoisotopic (exact) mass is 345 g/mol. The first-order valence-corrected chi connectivity index (χ1v) is 7.79. The molecule has 0 spiro atoms. The van der Waals surface area contributed by atoms with Gasteiger partial charge in [-0.3, -0.25) is 14.9 Å². The summed E-state index contributed by atoms with van der Waals surface area (Å²) in [5.41, 5.74) is -0.824. The van der Waals surface area contributed by atoms with E-state index in [0.717, 1.165) is 0 Å². The molecular formula is C16H21ClFNO4. The van der Waals surface area contributed by atoms with Crippen molar-refractivity contribution in [3.8, 4) is 0 Å². The number of hydrogen-bond donors (Lipinski definition) is 0. The summed E-state index contributed by atoms with van der Waals surface area (Å²) in [4.78, 5) is 22.8. The summed E-state index contributed by atoms with van der Waals surface area (Å²) in [6.07, 6.45) is -1.10. The van der Waals surface area contributed by atoms with Crippen LogP contribution in [0, 0.1) is 15.5 Å². The zero-order valence-electron chi connectivity index (χ0n) is 13.4. The van der Waals surface area contributed by atoms with Gasteiger partial charge in [0.1, 0.15) is 0 Å². The molecule has 0 saturated carbocycles. The van der Waals surface area contributed by atoms with Crippen LogP contribution < -0.4 is 0 Å². The number of ether oxygens (including phenoxy) is 1. The van der Waals surface area contributed by atoms with Gasteiger partial charge in [0, 0.05) is 16.4 Å². The zero-order valence-corrected chi connectivity index (χ0v) is 14.2. The van der Waals surface area contributed by atoms with Gasteiger partial charge in [-0.1, -0.05) is 36.7 Å². The van der Waals surface area contributed by atoms with E-state index in [-0.39, 0.29) is 6.42 Å². The maximum absolute atomic E-state index is 13.6. The summed E-state index contributed by atoms with van der Waals surface area (Å²) < 4.78 is 18.4. The lowest BCUT2D eigenvalue weighted by Crippen LogP contribution is -2.38. The highest BCUT2D eigenvalue weighted by Gasteiger charge is 2.43. The van der Waals surface area contributed by atoms with Crippen LogP contribution in [0.3, 0.4) is 0 Å². The molecule has 0 fully saturated rings. The molecule has 0 aliphatic rings. The number of carbonyl (C=O) groups is 1. The van der Waals surface area contributed by atoms with Gasteiger partial charge in [0.05, 0.1) is 11.3 Å². The van der Waals surface area contributed by atoms with E-state index in [1.54, 1.807) is 31.2 Å². The summed E-state index contributed by atoms with van der Waals surface area (Å²) in [6, 6.07) is 6.61. The molecule has 0 bridgehead atoms. The standard InChI is InChI=1S/C16H21ClFNO4/c1-4-7-14(18)23-15(20)16(2,3)12(10-19(21)22)11-8-5-6-9-13(11)17/h5-6,8-9,12,14H,4,7,10H2,1-3H3. The number of esters is 1. The number of nitro groups is 1. The zero-order chi connectivity index (χ0) is 17.6. The topological polar surface area (TPSA) is 69.4 Å². The van der Waals surface area contributed by atoms with Gasteiger partial charge in [-0.2, -0.15) is 0 Å². The summed E-state index contributed by atoms with van der Waals surface area (Å²) in [5.74, 6) is -1.64. The number of benzene rings is 1. The van der Waals surface area contributed by atoms with E-state index in [9.17, 15) is 19.3 Å². The van der Waals surface area contributed by atoms with Crippen LogP contribution in [0.25, 0.3) is 0 Å². The SMILES string of the molecule is CCCC(F)OC(=O)C(C)(C)C(C[N+](=O)[O-])c1ccccc1Cl. The molecule has 1 rings (SSSR count). The minimum absolute atomic E-state index is 0.0911. The summed E-state index contributed by atoms with van der Waals surface area (Å²) in [6.45, 7) is 4.28. The molecule has 0 aliphatic carbocycles. The number of alkyl halides is 1. The van der Waals surface area contributed by atoms with Crippen LogP contribution >= 0.6 is 11.6 Å². The third-order valence-electron chi connectivity index (χ3n) is 3.76. The lowest BCUT2D eigenvalue weighted by Gasteiger charge is -2.31. The van der Waals surface area contributed by atoms with E-state index in [0.29, 0.717) is 17.0 Å². The summed E-state index contributed by atoms with van der Waals surface area (Å²) in [7, 11) is 0. The van der Waals surface area contributed by atoms with Gasteiger partial charge in [0.15, 0.2) is 0 Å². The van der Waals surface area contributed by atoms with E-state index < -0.39 is 35.1 Å². The van der Waals surface area contributed by atoms with Crippen molar-refractivity contribution >= 4 is 17.6 Å². The third-order valence-corrected chi connectivity index (χ3v) is 4.10. The first-order chi connectivity index (χ1) is 10.7. The quantitative estimate of drug-likeness (QED) is 0.398. The minimum atomic E-state index is -1.71. The Hall–Kier alpha value is -1.69. The minimum Gasteiger partial charge on any atom is -0.431 e. The van der Waals surface area contributed by atoms with Crippen molar-refractivity contribution in [3.05, 3.63) is 45.0 Å². The molecule has 5 nitrogen and oxygen atoms in total. The van der Waals surface area contributed by atoms with Crippen molar-refractivity contribution in [3.63, 3.8) is 0 Å². The molecule has 128 valence electrons. The first-order valence-electron chi connectivity index (χ1n) is 7.41. The molecule has 2 unspecified atom stereocenters. The fraction of sp³-hybridized carbons (Fsp3) is 0.562. The van der Waals surface area contributed by atoms with Crippen LogP contribution in [-0.2, 0) is 9.53 Å². The molecule has 0 amide bonds. The normalized spacial score (nSPS) is 14.1. The number of carbonyl (C=O) groups excluding carboxylic acids is 1. The average Bonchev–Trinajstić information content (AvgIpc) is 2.45. The molecule has 0 aliphatic heterocycles. The van der Waals surface area contributed by atoms with Gasteiger partial charge in [-0.15, -0.1) is 0 Å². The molecule has 0 heterocycles. The fourth-order valence-corrected chi connectivity index (χ4v) is 2.59. The summed E-state index contributed by atoms with van der Waals surface area (Å²) in [5, 5.41) is 11.3. The number of halogens is 2. The van der Waals surface area contributed by atoms with E-state index in [1.807, 2.05) is 0 Å². The molecule has 0 N–H and O–H groups in total. The maximum atomic E-state index is 13.6. The van der Waals surface area contributed by atoms with Crippen molar-refractivity contribution in [1.82, 2.24) is 0 Å². The molecule has 23 heavy (non-hydrogen) atoms. The van der Waals surface area contributed by atoms with Gasteiger partial charge in [-0.25, -0.2) is 4.39 Å². The molecule has 0 aromatic heterocycles. The van der Waals surface area contributed by atoms with Crippen molar-refractivity contribution in [2.24, 2.45) is 5.41 Å².